The van der Waals surface area contributed by atoms with E-state index in [0.717, 1.165) is 17.9 Å². The van der Waals surface area contributed by atoms with Crippen molar-refractivity contribution in [2.24, 2.45) is 0 Å². The van der Waals surface area contributed by atoms with Gasteiger partial charge in [0.1, 0.15) is 11.6 Å². The highest BCUT2D eigenvalue weighted by Crippen LogP contribution is 2.19. The molecule has 0 aliphatic carbocycles. The number of amides is 2. The fraction of sp³-hybridized carbons (Fsp3) is 0.364. The van der Waals surface area contributed by atoms with Crippen LogP contribution in [0.5, 0.6) is 11.5 Å². The highest BCUT2D eigenvalue weighted by atomic mass is 19.1. The molecule has 0 radical (unpaired) electrons. The lowest BCUT2D eigenvalue weighted by Gasteiger charge is -2.32. The van der Waals surface area contributed by atoms with E-state index in [0.29, 0.717) is 44.2 Å². The number of carbonyl (C=O) groups is 2. The molecule has 0 saturated carbocycles. The molecule has 2 aromatic rings. The third-order valence-corrected chi connectivity index (χ3v) is 4.81. The first-order valence-electron chi connectivity index (χ1n) is 9.85. The first-order valence-corrected chi connectivity index (χ1v) is 9.85. The van der Waals surface area contributed by atoms with Gasteiger partial charge in [-0.25, -0.2) is 8.78 Å². The molecular weight excluding hydrogens is 394 g/mol. The molecule has 0 spiro atoms. The van der Waals surface area contributed by atoms with Crippen LogP contribution in [-0.4, -0.2) is 49.1 Å². The van der Waals surface area contributed by atoms with Crippen LogP contribution in [-0.2, 0) is 4.79 Å². The minimum absolute atomic E-state index is 0.0575. The Morgan fingerprint density at radius 3 is 2.40 bits per heavy atom. The third kappa shape index (κ3) is 5.68. The largest absolute Gasteiger partial charge is 0.494 e. The van der Waals surface area contributed by atoms with E-state index in [2.05, 4.69) is 5.32 Å². The van der Waals surface area contributed by atoms with Crippen molar-refractivity contribution in [1.29, 1.82) is 0 Å². The van der Waals surface area contributed by atoms with Gasteiger partial charge >= 0.3 is 0 Å². The molecule has 8 heteroatoms. The van der Waals surface area contributed by atoms with Crippen LogP contribution in [0.3, 0.4) is 0 Å². The number of benzene rings is 2. The second-order valence-electron chi connectivity index (χ2n) is 6.95. The Bertz CT molecular complexity index is 881. The number of nitrogens with zero attached hydrogens (tertiary/aromatic N) is 1. The van der Waals surface area contributed by atoms with E-state index in [-0.39, 0.29) is 24.3 Å². The Labute approximate surface area is 173 Å². The smallest absolute Gasteiger partial charge is 0.258 e. The molecule has 1 aliphatic heterocycles. The van der Waals surface area contributed by atoms with Gasteiger partial charge in [-0.05, 0) is 56.2 Å². The summed E-state index contributed by atoms with van der Waals surface area (Å²) in [6.45, 7) is 3.13. The average molecular weight is 418 g/mol. The fourth-order valence-electron chi connectivity index (χ4n) is 3.27. The quantitative estimate of drug-likeness (QED) is 0.750. The summed E-state index contributed by atoms with van der Waals surface area (Å²) in [6.07, 6.45) is 1.22. The molecule has 0 atom stereocenters. The first-order chi connectivity index (χ1) is 14.5. The summed E-state index contributed by atoms with van der Waals surface area (Å²) in [4.78, 5) is 26.4. The van der Waals surface area contributed by atoms with Gasteiger partial charge in [0.05, 0.1) is 6.61 Å². The lowest BCUT2D eigenvalue weighted by Crippen LogP contribution is -2.47. The summed E-state index contributed by atoms with van der Waals surface area (Å²) in [5.41, 5.74) is 0.593. The molecule has 30 heavy (non-hydrogen) atoms. The van der Waals surface area contributed by atoms with Crippen LogP contribution in [0.1, 0.15) is 30.1 Å². The van der Waals surface area contributed by atoms with Gasteiger partial charge in [-0.3, -0.25) is 9.59 Å². The second kappa shape index (κ2) is 10.0. The normalized spacial score (nSPS) is 14.3. The van der Waals surface area contributed by atoms with E-state index < -0.39 is 17.5 Å². The molecule has 1 saturated heterocycles. The number of hydrogen-bond donors (Lipinski definition) is 1. The van der Waals surface area contributed by atoms with Gasteiger partial charge in [-0.15, -0.1) is 0 Å². The average Bonchev–Trinajstić information content (AvgIpc) is 2.74. The highest BCUT2D eigenvalue weighted by molar-refractivity contribution is 5.94. The predicted molar refractivity (Wildman–Crippen MR) is 107 cm³/mol. The lowest BCUT2D eigenvalue weighted by atomic mass is 10.0. The maximum Gasteiger partial charge on any atom is 0.258 e. The lowest BCUT2D eigenvalue weighted by molar-refractivity contribution is -0.124. The van der Waals surface area contributed by atoms with E-state index >= 15 is 0 Å². The summed E-state index contributed by atoms with van der Waals surface area (Å²) >= 11 is 0. The van der Waals surface area contributed by atoms with Crippen LogP contribution in [0.4, 0.5) is 8.78 Å². The van der Waals surface area contributed by atoms with E-state index in [1.54, 1.807) is 29.2 Å². The molecule has 1 N–H and O–H groups in total. The molecule has 2 amide bonds. The predicted octanol–water partition coefficient (Wildman–Crippen LogP) is 3.16. The topological polar surface area (TPSA) is 67.9 Å². The molecule has 2 aromatic carbocycles. The molecule has 160 valence electrons. The van der Waals surface area contributed by atoms with Crippen molar-refractivity contribution >= 4 is 11.8 Å². The molecule has 0 unspecified atom stereocenters. The number of nitrogens with one attached hydrogen (secondary N) is 1. The minimum atomic E-state index is -0.857. The van der Waals surface area contributed by atoms with Crippen molar-refractivity contribution < 1.29 is 27.8 Å². The second-order valence-corrected chi connectivity index (χ2v) is 6.95. The SMILES string of the molecule is CCOc1ccc(C(=O)N2CCC(NC(=O)COc3ccc(F)cc3F)CC2)cc1. The molecule has 3 rings (SSSR count). The summed E-state index contributed by atoms with van der Waals surface area (Å²) in [7, 11) is 0. The highest BCUT2D eigenvalue weighted by Gasteiger charge is 2.24. The molecule has 1 heterocycles. The Kier molecular flexibility index (Phi) is 7.21. The van der Waals surface area contributed by atoms with E-state index in [1.807, 2.05) is 6.92 Å². The number of hydrogen-bond acceptors (Lipinski definition) is 4. The van der Waals surface area contributed by atoms with Crippen LogP contribution in [0, 0.1) is 11.6 Å². The first kappa shape index (κ1) is 21.5. The van der Waals surface area contributed by atoms with Crippen LogP contribution in [0.2, 0.25) is 0 Å². The molecule has 0 bridgehead atoms. The van der Waals surface area contributed by atoms with Crippen molar-refractivity contribution in [3.63, 3.8) is 0 Å². The molecule has 6 nitrogen and oxygen atoms in total. The van der Waals surface area contributed by atoms with Crippen molar-refractivity contribution in [2.75, 3.05) is 26.3 Å². The summed E-state index contributed by atoms with van der Waals surface area (Å²) in [5, 5.41) is 2.83. The van der Waals surface area contributed by atoms with E-state index in [4.69, 9.17) is 9.47 Å². The van der Waals surface area contributed by atoms with E-state index in [9.17, 15) is 18.4 Å². The standard InChI is InChI=1S/C22H24F2N2O4/c1-2-29-18-6-3-15(4-7-18)22(28)26-11-9-17(10-12-26)25-21(27)14-30-20-8-5-16(23)13-19(20)24/h3-8,13,17H,2,9-12,14H2,1H3,(H,25,27). The van der Waals surface area contributed by atoms with Crippen molar-refractivity contribution in [3.05, 3.63) is 59.7 Å². The molecular formula is C22H24F2N2O4. The molecule has 0 aromatic heterocycles. The summed E-state index contributed by atoms with van der Waals surface area (Å²) in [5.74, 6) is -1.48. The zero-order valence-electron chi connectivity index (χ0n) is 16.7. The van der Waals surface area contributed by atoms with Gasteiger partial charge < -0.3 is 19.7 Å². The maximum atomic E-state index is 13.5. The van der Waals surface area contributed by atoms with Crippen molar-refractivity contribution in [3.8, 4) is 11.5 Å². The number of ether oxygens (including phenoxy) is 2. The number of likely N-dealkylation sites (tertiary alicyclic amines) is 1. The summed E-state index contributed by atoms with van der Waals surface area (Å²) in [6, 6.07) is 9.84. The zero-order valence-corrected chi connectivity index (χ0v) is 16.7. The van der Waals surface area contributed by atoms with Crippen LogP contribution in [0.25, 0.3) is 0 Å². The molecule has 1 fully saturated rings. The van der Waals surface area contributed by atoms with Crippen molar-refractivity contribution in [2.45, 2.75) is 25.8 Å². The van der Waals surface area contributed by atoms with Gasteiger partial charge in [0.2, 0.25) is 0 Å². The maximum absolute atomic E-state index is 13.5. The van der Waals surface area contributed by atoms with Crippen molar-refractivity contribution in [1.82, 2.24) is 10.2 Å². The number of halogens is 2. The van der Waals surface area contributed by atoms with Crippen LogP contribution < -0.4 is 14.8 Å². The fourth-order valence-corrected chi connectivity index (χ4v) is 3.27. The Morgan fingerprint density at radius 1 is 1.07 bits per heavy atom. The van der Waals surface area contributed by atoms with Crippen LogP contribution >= 0.6 is 0 Å². The Hall–Kier alpha value is -3.16. The van der Waals surface area contributed by atoms with Gasteiger partial charge in [0.15, 0.2) is 18.2 Å². The van der Waals surface area contributed by atoms with Gasteiger partial charge in [0, 0.05) is 30.8 Å². The number of carbonyl (C=O) groups excluding carboxylic acids is 2. The molecule has 1 aliphatic rings. The number of piperidine rings is 1. The third-order valence-electron chi connectivity index (χ3n) is 4.81. The number of rotatable bonds is 7. The van der Waals surface area contributed by atoms with Gasteiger partial charge in [0.25, 0.3) is 11.8 Å². The Morgan fingerprint density at radius 2 is 1.77 bits per heavy atom. The van der Waals surface area contributed by atoms with Gasteiger partial charge in [-0.1, -0.05) is 0 Å². The minimum Gasteiger partial charge on any atom is -0.494 e. The summed E-state index contributed by atoms with van der Waals surface area (Å²) < 4.78 is 36.9. The van der Waals surface area contributed by atoms with Crippen LogP contribution in [0.15, 0.2) is 42.5 Å². The van der Waals surface area contributed by atoms with Gasteiger partial charge in [-0.2, -0.15) is 0 Å². The monoisotopic (exact) mass is 418 g/mol. The Balaban J connectivity index is 1.43. The van der Waals surface area contributed by atoms with E-state index in [1.165, 1.54) is 0 Å². The zero-order chi connectivity index (χ0) is 21.5.